The van der Waals surface area contributed by atoms with Crippen LogP contribution in [-0.2, 0) is 9.53 Å². The molecule has 0 unspecified atom stereocenters. The zero-order valence-corrected chi connectivity index (χ0v) is 14.4. The van der Waals surface area contributed by atoms with Gasteiger partial charge in [0.05, 0.1) is 13.2 Å². The van der Waals surface area contributed by atoms with Gasteiger partial charge in [0.1, 0.15) is 11.8 Å². The van der Waals surface area contributed by atoms with Crippen molar-refractivity contribution in [3.8, 4) is 5.75 Å². The molecule has 3 rings (SSSR count). The predicted molar refractivity (Wildman–Crippen MR) is 97.8 cm³/mol. The third-order valence-electron chi connectivity index (χ3n) is 4.31. The molecule has 0 bridgehead atoms. The minimum atomic E-state index is -0.434. The quantitative estimate of drug-likeness (QED) is 0.813. The third-order valence-corrected chi connectivity index (χ3v) is 4.31. The van der Waals surface area contributed by atoms with E-state index in [0.717, 1.165) is 25.0 Å². The second-order valence-corrected chi connectivity index (χ2v) is 6.11. The summed E-state index contributed by atoms with van der Waals surface area (Å²) >= 11 is 0. The van der Waals surface area contributed by atoms with E-state index in [4.69, 9.17) is 9.47 Å². The van der Waals surface area contributed by atoms with Crippen molar-refractivity contribution in [2.24, 2.45) is 0 Å². The minimum absolute atomic E-state index is 0.0996. The summed E-state index contributed by atoms with van der Waals surface area (Å²) in [7, 11) is 1.61. The Labute approximate surface area is 148 Å². The molecule has 2 N–H and O–H groups in total. The van der Waals surface area contributed by atoms with Gasteiger partial charge in [-0.05, 0) is 30.5 Å². The fourth-order valence-corrected chi connectivity index (χ4v) is 2.98. The molecule has 0 aliphatic carbocycles. The summed E-state index contributed by atoms with van der Waals surface area (Å²) < 4.78 is 10.9. The van der Waals surface area contributed by atoms with Crippen molar-refractivity contribution in [2.75, 3.05) is 25.6 Å². The fourth-order valence-electron chi connectivity index (χ4n) is 2.98. The molecule has 1 heterocycles. The van der Waals surface area contributed by atoms with Gasteiger partial charge in [-0.1, -0.05) is 36.4 Å². The molecule has 5 heteroatoms. The Balaban J connectivity index is 1.71. The number of nitrogens with one attached hydrogen (secondary N) is 2. The van der Waals surface area contributed by atoms with E-state index in [9.17, 15) is 4.79 Å². The van der Waals surface area contributed by atoms with Crippen LogP contribution in [0.1, 0.15) is 24.4 Å². The maximum absolute atomic E-state index is 12.9. The van der Waals surface area contributed by atoms with Crippen molar-refractivity contribution in [1.29, 1.82) is 0 Å². The molecule has 0 saturated carbocycles. The lowest BCUT2D eigenvalue weighted by Gasteiger charge is -2.21. The summed E-state index contributed by atoms with van der Waals surface area (Å²) in [5.74, 6) is 0.610. The Kier molecular flexibility index (Phi) is 6.04. The fraction of sp³-hybridized carbons (Fsp3) is 0.350. The van der Waals surface area contributed by atoms with Gasteiger partial charge in [0.15, 0.2) is 0 Å². The molecular formula is C20H24N2O3. The van der Waals surface area contributed by atoms with E-state index < -0.39 is 6.04 Å². The molecule has 132 valence electrons. The van der Waals surface area contributed by atoms with Crippen LogP contribution in [0.3, 0.4) is 0 Å². The summed E-state index contributed by atoms with van der Waals surface area (Å²) in [6, 6.07) is 16.7. The van der Waals surface area contributed by atoms with E-state index in [2.05, 4.69) is 10.6 Å². The molecular weight excluding hydrogens is 316 g/mol. The van der Waals surface area contributed by atoms with Crippen LogP contribution in [0.2, 0.25) is 0 Å². The molecule has 5 nitrogen and oxygen atoms in total. The van der Waals surface area contributed by atoms with Gasteiger partial charge in [-0.3, -0.25) is 10.1 Å². The number of ether oxygens (including phenoxy) is 2. The summed E-state index contributed by atoms with van der Waals surface area (Å²) in [6.45, 7) is 1.46. The van der Waals surface area contributed by atoms with Crippen LogP contribution in [0, 0.1) is 0 Å². The van der Waals surface area contributed by atoms with E-state index in [1.165, 1.54) is 0 Å². The Morgan fingerprint density at radius 1 is 1.24 bits per heavy atom. The molecule has 1 fully saturated rings. The van der Waals surface area contributed by atoms with Gasteiger partial charge in [-0.25, -0.2) is 0 Å². The first-order chi connectivity index (χ1) is 12.3. The van der Waals surface area contributed by atoms with Gasteiger partial charge in [-0.2, -0.15) is 0 Å². The molecule has 2 atom stereocenters. The monoisotopic (exact) mass is 340 g/mol. The Hall–Kier alpha value is -2.37. The highest BCUT2D eigenvalue weighted by Gasteiger charge is 2.23. The number of methoxy groups -OCH3 is 1. The van der Waals surface area contributed by atoms with E-state index in [1.807, 2.05) is 48.5 Å². The SMILES string of the molecule is COc1cccc(NC(=O)[C@@H](NC[C@H]2CCCO2)c2ccccc2)c1. The lowest BCUT2D eigenvalue weighted by molar-refractivity contribution is -0.118. The highest BCUT2D eigenvalue weighted by atomic mass is 16.5. The number of carbonyl (C=O) groups excluding carboxylic acids is 1. The highest BCUT2D eigenvalue weighted by Crippen LogP contribution is 2.20. The average Bonchev–Trinajstić information content (AvgIpc) is 3.16. The number of hydrogen-bond donors (Lipinski definition) is 2. The van der Waals surface area contributed by atoms with Crippen LogP contribution in [0.4, 0.5) is 5.69 Å². The van der Waals surface area contributed by atoms with Gasteiger partial charge in [0.2, 0.25) is 5.91 Å². The maximum Gasteiger partial charge on any atom is 0.246 e. The Morgan fingerprint density at radius 3 is 2.80 bits per heavy atom. The molecule has 1 amide bonds. The van der Waals surface area contributed by atoms with E-state index in [1.54, 1.807) is 13.2 Å². The van der Waals surface area contributed by atoms with Gasteiger partial charge in [0, 0.05) is 24.9 Å². The lowest BCUT2D eigenvalue weighted by atomic mass is 10.1. The van der Waals surface area contributed by atoms with Gasteiger partial charge in [0.25, 0.3) is 0 Å². The Bertz CT molecular complexity index is 684. The van der Waals surface area contributed by atoms with Crippen LogP contribution in [0.5, 0.6) is 5.75 Å². The first-order valence-corrected chi connectivity index (χ1v) is 8.61. The Morgan fingerprint density at radius 2 is 2.08 bits per heavy atom. The predicted octanol–water partition coefficient (Wildman–Crippen LogP) is 3.14. The second kappa shape index (κ2) is 8.65. The van der Waals surface area contributed by atoms with E-state index in [0.29, 0.717) is 18.0 Å². The standard InChI is InChI=1S/C20H24N2O3/c1-24-17-10-5-9-16(13-17)22-20(23)19(15-7-3-2-4-8-15)21-14-18-11-6-12-25-18/h2-5,7-10,13,18-19,21H,6,11-12,14H2,1H3,(H,22,23)/t18-,19+/m1/s1. The summed E-state index contributed by atoms with van der Waals surface area (Å²) in [5, 5.41) is 6.33. The van der Waals surface area contributed by atoms with Crippen molar-refractivity contribution in [3.05, 3.63) is 60.2 Å². The molecule has 0 spiro atoms. The van der Waals surface area contributed by atoms with Crippen molar-refractivity contribution >= 4 is 11.6 Å². The second-order valence-electron chi connectivity index (χ2n) is 6.11. The van der Waals surface area contributed by atoms with Crippen LogP contribution >= 0.6 is 0 Å². The molecule has 1 aliphatic heterocycles. The number of rotatable bonds is 7. The van der Waals surface area contributed by atoms with Crippen molar-refractivity contribution in [2.45, 2.75) is 25.0 Å². The van der Waals surface area contributed by atoms with Gasteiger partial charge in [-0.15, -0.1) is 0 Å². The maximum atomic E-state index is 12.9. The topological polar surface area (TPSA) is 59.6 Å². The zero-order chi connectivity index (χ0) is 17.5. The number of benzene rings is 2. The number of amides is 1. The number of anilines is 1. The van der Waals surface area contributed by atoms with Crippen LogP contribution in [-0.4, -0.2) is 32.3 Å². The van der Waals surface area contributed by atoms with Crippen molar-refractivity contribution in [3.63, 3.8) is 0 Å². The first-order valence-electron chi connectivity index (χ1n) is 8.61. The smallest absolute Gasteiger partial charge is 0.246 e. The summed E-state index contributed by atoms with van der Waals surface area (Å²) in [5.41, 5.74) is 1.64. The van der Waals surface area contributed by atoms with E-state index >= 15 is 0 Å². The molecule has 2 aromatic rings. The molecule has 1 aliphatic rings. The first kappa shape index (κ1) is 17.5. The highest BCUT2D eigenvalue weighted by molar-refractivity contribution is 5.95. The van der Waals surface area contributed by atoms with Gasteiger partial charge >= 0.3 is 0 Å². The van der Waals surface area contributed by atoms with E-state index in [-0.39, 0.29) is 12.0 Å². The zero-order valence-electron chi connectivity index (χ0n) is 14.4. The average molecular weight is 340 g/mol. The minimum Gasteiger partial charge on any atom is -0.497 e. The molecule has 25 heavy (non-hydrogen) atoms. The van der Waals surface area contributed by atoms with Crippen molar-refractivity contribution < 1.29 is 14.3 Å². The summed E-state index contributed by atoms with van der Waals surface area (Å²) in [4.78, 5) is 12.9. The molecule has 2 aromatic carbocycles. The molecule has 1 saturated heterocycles. The number of hydrogen-bond acceptors (Lipinski definition) is 4. The molecule has 0 radical (unpaired) electrons. The van der Waals surface area contributed by atoms with Crippen LogP contribution in [0.25, 0.3) is 0 Å². The van der Waals surface area contributed by atoms with Crippen LogP contribution < -0.4 is 15.4 Å². The van der Waals surface area contributed by atoms with Gasteiger partial charge < -0.3 is 14.8 Å². The van der Waals surface area contributed by atoms with Crippen molar-refractivity contribution in [1.82, 2.24) is 5.32 Å². The summed E-state index contributed by atoms with van der Waals surface area (Å²) in [6.07, 6.45) is 2.29. The lowest BCUT2D eigenvalue weighted by Crippen LogP contribution is -2.37. The largest absolute Gasteiger partial charge is 0.497 e. The molecule has 0 aromatic heterocycles. The third kappa shape index (κ3) is 4.81. The normalized spacial score (nSPS) is 17.9. The van der Waals surface area contributed by atoms with Crippen LogP contribution in [0.15, 0.2) is 54.6 Å². The number of carbonyl (C=O) groups is 1.